The van der Waals surface area contributed by atoms with Crippen LogP contribution in [0.2, 0.25) is 0 Å². The molecule has 0 fully saturated rings. The van der Waals surface area contributed by atoms with E-state index in [9.17, 15) is 19.7 Å². The van der Waals surface area contributed by atoms with E-state index in [4.69, 9.17) is 4.74 Å². The summed E-state index contributed by atoms with van der Waals surface area (Å²) in [5, 5.41) is 13.1. The zero-order valence-electron chi connectivity index (χ0n) is 10.6. The lowest BCUT2D eigenvalue weighted by atomic mass is 10.1. The molecule has 1 atom stereocenters. The molecule has 7 nitrogen and oxygen atoms in total. The molecule has 0 saturated heterocycles. The maximum absolute atomic E-state index is 11.8. The van der Waals surface area contributed by atoms with E-state index in [0.717, 1.165) is 0 Å². The Morgan fingerprint density at radius 2 is 2.16 bits per heavy atom. The van der Waals surface area contributed by atoms with Crippen LogP contribution in [0.5, 0.6) is 0 Å². The van der Waals surface area contributed by atoms with E-state index in [-0.39, 0.29) is 12.3 Å². The van der Waals surface area contributed by atoms with E-state index in [1.54, 1.807) is 6.92 Å². The minimum absolute atomic E-state index is 0.155. The fourth-order valence-electron chi connectivity index (χ4n) is 1.53. The Morgan fingerprint density at radius 1 is 1.47 bits per heavy atom. The molecule has 1 N–H and O–H groups in total. The molecular weight excluding hydrogens is 252 g/mol. The van der Waals surface area contributed by atoms with Gasteiger partial charge in [-0.1, -0.05) is 12.1 Å². The van der Waals surface area contributed by atoms with Crippen molar-refractivity contribution in [1.82, 2.24) is 5.32 Å². The van der Waals surface area contributed by atoms with Crippen LogP contribution in [0.4, 0.5) is 5.69 Å². The molecule has 0 heterocycles. The summed E-state index contributed by atoms with van der Waals surface area (Å²) in [7, 11) is 0. The van der Waals surface area contributed by atoms with Gasteiger partial charge in [-0.25, -0.2) is 4.79 Å². The maximum Gasteiger partial charge on any atom is 0.333 e. The summed E-state index contributed by atoms with van der Waals surface area (Å²) in [5.41, 5.74) is 0.153. The third kappa shape index (κ3) is 4.06. The van der Waals surface area contributed by atoms with Crippen molar-refractivity contribution in [3.8, 4) is 0 Å². The van der Waals surface area contributed by atoms with Gasteiger partial charge in [0.15, 0.2) is 6.04 Å². The number of ether oxygens (including phenoxy) is 1. The van der Waals surface area contributed by atoms with Gasteiger partial charge in [-0.15, -0.1) is 0 Å². The first-order valence-corrected chi connectivity index (χ1v) is 5.63. The summed E-state index contributed by atoms with van der Waals surface area (Å²) in [4.78, 5) is 33.0. The van der Waals surface area contributed by atoms with Crippen LogP contribution in [0.25, 0.3) is 0 Å². The average Bonchev–Trinajstić information content (AvgIpc) is 2.36. The Morgan fingerprint density at radius 3 is 2.68 bits per heavy atom. The molecule has 0 aliphatic rings. The summed E-state index contributed by atoms with van der Waals surface area (Å²) >= 11 is 0. The second-order valence-electron chi connectivity index (χ2n) is 3.74. The first-order chi connectivity index (χ1) is 8.95. The second-order valence-corrected chi connectivity index (χ2v) is 3.74. The van der Waals surface area contributed by atoms with Crippen molar-refractivity contribution < 1.29 is 19.2 Å². The largest absolute Gasteiger partial charge is 0.464 e. The average molecular weight is 266 g/mol. The van der Waals surface area contributed by atoms with Crippen molar-refractivity contribution in [2.75, 3.05) is 6.61 Å². The zero-order valence-corrected chi connectivity index (χ0v) is 10.6. The lowest BCUT2D eigenvalue weighted by Gasteiger charge is -2.16. The Bertz CT molecular complexity index is 501. The van der Waals surface area contributed by atoms with Crippen LogP contribution in [-0.4, -0.2) is 23.4 Å². The van der Waals surface area contributed by atoms with E-state index in [2.05, 4.69) is 5.32 Å². The van der Waals surface area contributed by atoms with Gasteiger partial charge in [0, 0.05) is 19.1 Å². The standard InChI is InChI=1S/C12H14N2O5/c1-3-19-12(16)11(13-8(2)15)9-5-4-6-10(7-9)14(17)18/h4-7,11H,3H2,1-2H3,(H,13,15). The van der Waals surface area contributed by atoms with Gasteiger partial charge in [-0.05, 0) is 12.5 Å². The number of benzene rings is 1. The summed E-state index contributed by atoms with van der Waals surface area (Å²) in [6.07, 6.45) is 0. The molecule has 0 aromatic heterocycles. The Kier molecular flexibility index (Phi) is 4.99. The third-order valence-corrected chi connectivity index (χ3v) is 2.28. The molecule has 1 unspecified atom stereocenters. The van der Waals surface area contributed by atoms with Crippen LogP contribution in [0.3, 0.4) is 0 Å². The minimum atomic E-state index is -1.04. The van der Waals surface area contributed by atoms with E-state index >= 15 is 0 Å². The summed E-state index contributed by atoms with van der Waals surface area (Å²) in [6, 6.07) is 4.46. The van der Waals surface area contributed by atoms with Crippen molar-refractivity contribution in [3.05, 3.63) is 39.9 Å². The first kappa shape index (κ1) is 14.6. The highest BCUT2D eigenvalue weighted by Crippen LogP contribution is 2.20. The molecule has 0 saturated carbocycles. The van der Waals surface area contributed by atoms with Gasteiger partial charge in [-0.2, -0.15) is 0 Å². The number of nitro benzene ring substituents is 1. The van der Waals surface area contributed by atoms with Crippen molar-refractivity contribution >= 4 is 17.6 Å². The van der Waals surface area contributed by atoms with Gasteiger partial charge >= 0.3 is 5.97 Å². The quantitative estimate of drug-likeness (QED) is 0.492. The van der Waals surface area contributed by atoms with E-state index in [0.29, 0.717) is 5.56 Å². The predicted molar refractivity (Wildman–Crippen MR) is 66.3 cm³/mol. The summed E-state index contributed by atoms with van der Waals surface area (Å²) < 4.78 is 4.84. The number of hydrogen-bond donors (Lipinski definition) is 1. The fraction of sp³-hybridized carbons (Fsp3) is 0.333. The number of nitrogens with one attached hydrogen (secondary N) is 1. The number of nitrogens with zero attached hydrogens (tertiary/aromatic N) is 1. The molecule has 0 radical (unpaired) electrons. The zero-order chi connectivity index (χ0) is 14.4. The summed E-state index contributed by atoms with van der Waals surface area (Å²) in [5.74, 6) is -1.08. The predicted octanol–water partition coefficient (Wildman–Crippen LogP) is 1.34. The minimum Gasteiger partial charge on any atom is -0.464 e. The molecule has 7 heteroatoms. The number of rotatable bonds is 5. The molecule has 1 rings (SSSR count). The number of carbonyl (C=O) groups excluding carboxylic acids is 2. The number of amides is 1. The molecule has 1 aromatic carbocycles. The van der Waals surface area contributed by atoms with Crippen molar-refractivity contribution in [1.29, 1.82) is 0 Å². The molecular formula is C12H14N2O5. The van der Waals surface area contributed by atoms with Crippen LogP contribution in [0, 0.1) is 10.1 Å². The van der Waals surface area contributed by atoms with Gasteiger partial charge in [0.2, 0.25) is 5.91 Å². The molecule has 0 spiro atoms. The maximum atomic E-state index is 11.8. The monoisotopic (exact) mass is 266 g/mol. The van der Waals surface area contributed by atoms with Crippen LogP contribution < -0.4 is 5.32 Å². The molecule has 19 heavy (non-hydrogen) atoms. The van der Waals surface area contributed by atoms with E-state index < -0.39 is 22.8 Å². The molecule has 1 aromatic rings. The number of carbonyl (C=O) groups is 2. The fourth-order valence-corrected chi connectivity index (χ4v) is 1.53. The van der Waals surface area contributed by atoms with Gasteiger partial charge in [0.05, 0.1) is 11.5 Å². The number of hydrogen-bond acceptors (Lipinski definition) is 5. The van der Waals surface area contributed by atoms with E-state index in [1.807, 2.05) is 0 Å². The molecule has 0 aliphatic heterocycles. The number of non-ortho nitro benzene ring substituents is 1. The Labute approximate surface area is 109 Å². The highest BCUT2D eigenvalue weighted by atomic mass is 16.6. The third-order valence-electron chi connectivity index (χ3n) is 2.28. The number of esters is 1. The second kappa shape index (κ2) is 6.48. The van der Waals surface area contributed by atoms with Crippen LogP contribution >= 0.6 is 0 Å². The van der Waals surface area contributed by atoms with Crippen LogP contribution in [-0.2, 0) is 14.3 Å². The molecule has 1 amide bonds. The Balaban J connectivity index is 3.09. The molecule has 102 valence electrons. The van der Waals surface area contributed by atoms with Crippen molar-refractivity contribution in [2.45, 2.75) is 19.9 Å². The smallest absolute Gasteiger partial charge is 0.333 e. The molecule has 0 bridgehead atoms. The SMILES string of the molecule is CCOC(=O)C(NC(C)=O)c1cccc([N+](=O)[O-])c1. The normalized spacial score (nSPS) is 11.5. The van der Waals surface area contributed by atoms with Crippen LogP contribution in [0.1, 0.15) is 25.5 Å². The van der Waals surface area contributed by atoms with Crippen molar-refractivity contribution in [3.63, 3.8) is 0 Å². The Hall–Kier alpha value is -2.44. The topological polar surface area (TPSA) is 98.5 Å². The van der Waals surface area contributed by atoms with E-state index in [1.165, 1.54) is 31.2 Å². The number of nitro groups is 1. The highest BCUT2D eigenvalue weighted by Gasteiger charge is 2.24. The van der Waals surface area contributed by atoms with Crippen molar-refractivity contribution in [2.24, 2.45) is 0 Å². The first-order valence-electron chi connectivity index (χ1n) is 5.63. The van der Waals surface area contributed by atoms with Gasteiger partial charge in [0.25, 0.3) is 5.69 Å². The van der Waals surface area contributed by atoms with Crippen LogP contribution in [0.15, 0.2) is 24.3 Å². The highest BCUT2D eigenvalue weighted by molar-refractivity contribution is 5.84. The lowest BCUT2D eigenvalue weighted by Crippen LogP contribution is -2.33. The molecule has 0 aliphatic carbocycles. The summed E-state index contributed by atoms with van der Waals surface area (Å²) in [6.45, 7) is 3.05. The van der Waals surface area contributed by atoms with Gasteiger partial charge in [-0.3, -0.25) is 14.9 Å². The lowest BCUT2D eigenvalue weighted by molar-refractivity contribution is -0.384. The van der Waals surface area contributed by atoms with Gasteiger partial charge < -0.3 is 10.1 Å². The van der Waals surface area contributed by atoms with Gasteiger partial charge in [0.1, 0.15) is 0 Å².